The van der Waals surface area contributed by atoms with E-state index in [0.717, 1.165) is 18.9 Å². The van der Waals surface area contributed by atoms with Gasteiger partial charge in [0.05, 0.1) is 12.8 Å². The molecule has 86 valence electrons. The molecule has 0 saturated heterocycles. The Balaban J connectivity index is 1.73. The average Bonchev–Trinajstić information content (AvgIpc) is 3.12. The fraction of sp³-hybridized carbons (Fsp3) is 0.667. The van der Waals surface area contributed by atoms with E-state index >= 15 is 0 Å². The summed E-state index contributed by atoms with van der Waals surface area (Å²) in [7, 11) is 1.61. The minimum absolute atomic E-state index is 0.493. The van der Waals surface area contributed by atoms with Gasteiger partial charge < -0.3 is 10.1 Å². The van der Waals surface area contributed by atoms with E-state index in [2.05, 4.69) is 15.3 Å². The van der Waals surface area contributed by atoms with Crippen LogP contribution >= 0.6 is 0 Å². The molecule has 3 rings (SSSR count). The van der Waals surface area contributed by atoms with Gasteiger partial charge in [-0.1, -0.05) is 0 Å². The normalized spacial score (nSPS) is 23.9. The summed E-state index contributed by atoms with van der Waals surface area (Å²) in [5.74, 6) is 0. The Labute approximate surface area is 95.4 Å². The molecule has 0 radical (unpaired) electrons. The highest BCUT2D eigenvalue weighted by Gasteiger charge is 2.27. The van der Waals surface area contributed by atoms with Gasteiger partial charge in [0.2, 0.25) is 0 Å². The number of hydrogen-bond acceptors (Lipinski definition) is 4. The fourth-order valence-corrected chi connectivity index (χ4v) is 2.31. The highest BCUT2D eigenvalue weighted by Crippen LogP contribution is 2.25. The number of fused-ring (bicyclic) bond motifs is 1. The van der Waals surface area contributed by atoms with Crippen LogP contribution in [0.3, 0.4) is 0 Å². The lowest BCUT2D eigenvalue weighted by atomic mass is 9.93. The van der Waals surface area contributed by atoms with Gasteiger partial charge in [-0.15, -0.1) is 0 Å². The van der Waals surface area contributed by atoms with Crippen LogP contribution in [0.1, 0.15) is 30.5 Å². The number of aromatic nitrogens is 2. The van der Waals surface area contributed by atoms with E-state index in [1.54, 1.807) is 7.11 Å². The maximum Gasteiger partial charge on any atom is 0.316 e. The third kappa shape index (κ3) is 2.02. The first-order chi connectivity index (χ1) is 7.85. The van der Waals surface area contributed by atoms with Crippen LogP contribution in [-0.4, -0.2) is 29.2 Å². The second kappa shape index (κ2) is 4.01. The molecule has 0 aromatic carbocycles. The van der Waals surface area contributed by atoms with Crippen LogP contribution in [0.25, 0.3) is 0 Å². The van der Waals surface area contributed by atoms with Gasteiger partial charge >= 0.3 is 6.01 Å². The van der Waals surface area contributed by atoms with Crippen LogP contribution in [0, 0.1) is 0 Å². The monoisotopic (exact) mass is 219 g/mol. The fourth-order valence-electron chi connectivity index (χ4n) is 2.31. The summed E-state index contributed by atoms with van der Waals surface area (Å²) in [6.07, 6.45) is 7.91. The van der Waals surface area contributed by atoms with Crippen molar-refractivity contribution in [3.63, 3.8) is 0 Å². The molecule has 16 heavy (non-hydrogen) atoms. The summed E-state index contributed by atoms with van der Waals surface area (Å²) in [5.41, 5.74) is 2.45. The van der Waals surface area contributed by atoms with Crippen molar-refractivity contribution in [3.8, 4) is 6.01 Å². The van der Waals surface area contributed by atoms with Gasteiger partial charge in [-0.2, -0.15) is 4.98 Å². The molecule has 1 aromatic heterocycles. The zero-order valence-electron chi connectivity index (χ0n) is 9.57. The number of rotatable bonds is 3. The van der Waals surface area contributed by atoms with Crippen LogP contribution in [0.15, 0.2) is 6.20 Å². The van der Waals surface area contributed by atoms with Gasteiger partial charge in [-0.3, -0.25) is 0 Å². The van der Waals surface area contributed by atoms with Crippen molar-refractivity contribution in [1.82, 2.24) is 15.3 Å². The first kappa shape index (κ1) is 10.0. The van der Waals surface area contributed by atoms with E-state index in [-0.39, 0.29) is 0 Å². The molecule has 4 heteroatoms. The van der Waals surface area contributed by atoms with Crippen LogP contribution in [0.2, 0.25) is 0 Å². The predicted molar refractivity (Wildman–Crippen MR) is 60.6 cm³/mol. The lowest BCUT2D eigenvalue weighted by Crippen LogP contribution is -2.36. The Bertz CT molecular complexity index is 390. The third-order valence-corrected chi connectivity index (χ3v) is 3.36. The van der Waals surface area contributed by atoms with Gasteiger partial charge in [-0.25, -0.2) is 4.98 Å². The molecule has 0 bridgehead atoms. The van der Waals surface area contributed by atoms with Gasteiger partial charge in [0, 0.05) is 18.3 Å². The molecule has 2 aliphatic rings. The summed E-state index contributed by atoms with van der Waals surface area (Å²) in [6.45, 7) is 0. The minimum Gasteiger partial charge on any atom is -0.467 e. The van der Waals surface area contributed by atoms with Crippen molar-refractivity contribution in [2.75, 3.05) is 7.11 Å². The van der Waals surface area contributed by atoms with Crippen molar-refractivity contribution in [3.05, 3.63) is 17.5 Å². The zero-order valence-corrected chi connectivity index (χ0v) is 9.57. The Hall–Kier alpha value is -1.16. The van der Waals surface area contributed by atoms with Crippen molar-refractivity contribution >= 4 is 0 Å². The number of methoxy groups -OCH3 is 1. The number of aryl methyl sites for hydroxylation is 1. The summed E-state index contributed by atoms with van der Waals surface area (Å²) in [4.78, 5) is 8.58. The summed E-state index contributed by atoms with van der Waals surface area (Å²) in [5, 5.41) is 3.68. The predicted octanol–water partition coefficient (Wildman–Crippen LogP) is 1.09. The SMILES string of the molecule is COc1ncc2c(n1)CCC(NC1CC1)C2. The van der Waals surface area contributed by atoms with Crippen molar-refractivity contribution in [1.29, 1.82) is 0 Å². The van der Waals surface area contributed by atoms with E-state index in [4.69, 9.17) is 4.74 Å². The smallest absolute Gasteiger partial charge is 0.316 e. The van der Waals surface area contributed by atoms with Crippen molar-refractivity contribution in [2.45, 2.75) is 44.2 Å². The van der Waals surface area contributed by atoms with Gasteiger partial charge in [0.1, 0.15) is 0 Å². The van der Waals surface area contributed by atoms with E-state index in [0.29, 0.717) is 12.1 Å². The van der Waals surface area contributed by atoms with Crippen molar-refractivity contribution in [2.24, 2.45) is 0 Å². The molecule has 1 atom stereocenters. The molecule has 1 fully saturated rings. The molecule has 1 heterocycles. The molecule has 0 amide bonds. The number of nitrogens with one attached hydrogen (secondary N) is 1. The third-order valence-electron chi connectivity index (χ3n) is 3.36. The average molecular weight is 219 g/mol. The maximum atomic E-state index is 5.04. The second-order valence-corrected chi connectivity index (χ2v) is 4.71. The highest BCUT2D eigenvalue weighted by molar-refractivity contribution is 5.23. The molecule has 4 nitrogen and oxygen atoms in total. The Morgan fingerprint density at radius 1 is 1.31 bits per heavy atom. The zero-order chi connectivity index (χ0) is 11.0. The number of ether oxygens (including phenoxy) is 1. The van der Waals surface area contributed by atoms with Gasteiger partial charge in [0.15, 0.2) is 0 Å². The van der Waals surface area contributed by atoms with Gasteiger partial charge in [-0.05, 0) is 37.7 Å². The summed E-state index contributed by atoms with van der Waals surface area (Å²) < 4.78 is 5.04. The van der Waals surface area contributed by atoms with E-state index in [9.17, 15) is 0 Å². The highest BCUT2D eigenvalue weighted by atomic mass is 16.5. The molecule has 1 N–H and O–H groups in total. The summed E-state index contributed by atoms with van der Waals surface area (Å²) in [6, 6.07) is 1.90. The van der Waals surface area contributed by atoms with Crippen LogP contribution in [0.5, 0.6) is 6.01 Å². The minimum atomic E-state index is 0.493. The molecule has 0 aliphatic heterocycles. The lowest BCUT2D eigenvalue weighted by molar-refractivity contribution is 0.372. The van der Waals surface area contributed by atoms with Crippen LogP contribution in [-0.2, 0) is 12.8 Å². The standard InChI is InChI=1S/C12H17N3O/c1-16-12-13-7-8-6-10(14-9-2-3-9)4-5-11(8)15-12/h7,9-10,14H,2-6H2,1H3. The molecule has 2 aliphatic carbocycles. The lowest BCUT2D eigenvalue weighted by Gasteiger charge is -2.24. The molecule has 1 unspecified atom stereocenters. The number of nitrogens with zero attached hydrogens (tertiary/aromatic N) is 2. The number of hydrogen-bond donors (Lipinski definition) is 1. The molecule has 0 spiro atoms. The van der Waals surface area contributed by atoms with E-state index in [1.165, 1.54) is 30.5 Å². The van der Waals surface area contributed by atoms with Crippen LogP contribution in [0.4, 0.5) is 0 Å². The Morgan fingerprint density at radius 2 is 2.19 bits per heavy atom. The molecular weight excluding hydrogens is 202 g/mol. The summed E-state index contributed by atoms with van der Waals surface area (Å²) >= 11 is 0. The maximum absolute atomic E-state index is 5.04. The van der Waals surface area contributed by atoms with Gasteiger partial charge in [0.25, 0.3) is 0 Å². The van der Waals surface area contributed by atoms with Crippen LogP contribution < -0.4 is 10.1 Å². The molecule has 1 saturated carbocycles. The second-order valence-electron chi connectivity index (χ2n) is 4.71. The first-order valence-electron chi connectivity index (χ1n) is 6.00. The molecule has 1 aromatic rings. The van der Waals surface area contributed by atoms with E-state index < -0.39 is 0 Å². The largest absolute Gasteiger partial charge is 0.467 e. The quantitative estimate of drug-likeness (QED) is 0.826. The topological polar surface area (TPSA) is 47.0 Å². The first-order valence-corrected chi connectivity index (χ1v) is 6.00. The molecular formula is C12H17N3O. The van der Waals surface area contributed by atoms with E-state index in [1.807, 2.05) is 6.20 Å². The Morgan fingerprint density at radius 3 is 2.94 bits per heavy atom. The van der Waals surface area contributed by atoms with Crippen molar-refractivity contribution < 1.29 is 4.74 Å². The Kier molecular flexibility index (Phi) is 2.52.